The SMILES string of the molecule is CC1CC(NS(=O)(=O)C2CCNCC2)CCN1C. The van der Waals surface area contributed by atoms with E-state index in [0.29, 0.717) is 6.04 Å². The van der Waals surface area contributed by atoms with E-state index in [-0.39, 0.29) is 11.3 Å². The topological polar surface area (TPSA) is 61.4 Å². The summed E-state index contributed by atoms with van der Waals surface area (Å²) in [4.78, 5) is 2.29. The van der Waals surface area contributed by atoms with E-state index in [2.05, 4.69) is 28.9 Å². The predicted molar refractivity (Wildman–Crippen MR) is 73.1 cm³/mol. The van der Waals surface area contributed by atoms with Gasteiger partial charge >= 0.3 is 0 Å². The standard InChI is InChI=1S/C12H25N3O2S/c1-10-9-11(5-8-15(10)2)14-18(16,17)12-3-6-13-7-4-12/h10-14H,3-9H2,1-2H3. The highest BCUT2D eigenvalue weighted by atomic mass is 32.2. The average molecular weight is 275 g/mol. The van der Waals surface area contributed by atoms with Gasteiger partial charge in [0, 0.05) is 12.1 Å². The number of hydrogen-bond acceptors (Lipinski definition) is 4. The van der Waals surface area contributed by atoms with Crippen LogP contribution in [0.15, 0.2) is 0 Å². The van der Waals surface area contributed by atoms with E-state index < -0.39 is 10.0 Å². The molecule has 0 radical (unpaired) electrons. The molecule has 2 aliphatic rings. The Bertz CT molecular complexity index is 366. The molecular weight excluding hydrogens is 250 g/mol. The second kappa shape index (κ2) is 5.86. The first-order valence-electron chi connectivity index (χ1n) is 6.91. The lowest BCUT2D eigenvalue weighted by Gasteiger charge is -2.36. The lowest BCUT2D eigenvalue weighted by atomic mass is 10.0. The average Bonchev–Trinajstić information content (AvgIpc) is 2.35. The fourth-order valence-corrected chi connectivity index (χ4v) is 4.56. The zero-order chi connectivity index (χ0) is 13.2. The summed E-state index contributed by atoms with van der Waals surface area (Å²) >= 11 is 0. The maximum Gasteiger partial charge on any atom is 0.214 e. The van der Waals surface area contributed by atoms with Crippen molar-refractivity contribution in [2.75, 3.05) is 26.7 Å². The van der Waals surface area contributed by atoms with Crippen LogP contribution >= 0.6 is 0 Å². The van der Waals surface area contributed by atoms with Gasteiger partial charge < -0.3 is 10.2 Å². The van der Waals surface area contributed by atoms with Crippen molar-refractivity contribution in [3.05, 3.63) is 0 Å². The van der Waals surface area contributed by atoms with E-state index in [1.807, 2.05) is 0 Å². The Morgan fingerprint density at radius 2 is 1.89 bits per heavy atom. The van der Waals surface area contributed by atoms with E-state index in [4.69, 9.17) is 0 Å². The maximum atomic E-state index is 12.3. The van der Waals surface area contributed by atoms with Crippen LogP contribution < -0.4 is 10.0 Å². The van der Waals surface area contributed by atoms with Gasteiger partial charge in [-0.05, 0) is 59.3 Å². The van der Waals surface area contributed by atoms with Gasteiger partial charge in [0.05, 0.1) is 5.25 Å². The summed E-state index contributed by atoms with van der Waals surface area (Å²) in [6, 6.07) is 0.579. The van der Waals surface area contributed by atoms with Crippen molar-refractivity contribution in [3.8, 4) is 0 Å². The molecule has 2 saturated heterocycles. The second-order valence-corrected chi connectivity index (χ2v) is 7.66. The fourth-order valence-electron chi connectivity index (χ4n) is 2.83. The Balaban J connectivity index is 1.91. The Labute approximate surface area is 110 Å². The summed E-state index contributed by atoms with van der Waals surface area (Å²) in [5.41, 5.74) is 0. The molecule has 106 valence electrons. The molecule has 2 atom stereocenters. The van der Waals surface area contributed by atoms with Gasteiger partial charge in [-0.1, -0.05) is 0 Å². The Hall–Kier alpha value is -0.170. The van der Waals surface area contributed by atoms with Gasteiger partial charge in [0.2, 0.25) is 10.0 Å². The number of piperidine rings is 2. The highest BCUT2D eigenvalue weighted by Crippen LogP contribution is 2.19. The van der Waals surface area contributed by atoms with Crippen molar-refractivity contribution < 1.29 is 8.42 Å². The van der Waals surface area contributed by atoms with Gasteiger partial charge in [0.1, 0.15) is 0 Å². The van der Waals surface area contributed by atoms with Crippen LogP contribution in [0.5, 0.6) is 0 Å². The zero-order valence-corrected chi connectivity index (χ0v) is 12.2. The third-order valence-electron chi connectivity index (χ3n) is 4.26. The van der Waals surface area contributed by atoms with Gasteiger partial charge in [-0.2, -0.15) is 0 Å². The highest BCUT2D eigenvalue weighted by molar-refractivity contribution is 7.90. The van der Waals surface area contributed by atoms with Crippen molar-refractivity contribution in [3.63, 3.8) is 0 Å². The van der Waals surface area contributed by atoms with Crippen LogP contribution in [-0.4, -0.2) is 57.3 Å². The first-order valence-corrected chi connectivity index (χ1v) is 8.46. The molecule has 2 unspecified atom stereocenters. The zero-order valence-electron chi connectivity index (χ0n) is 11.4. The number of sulfonamides is 1. The molecular formula is C12H25N3O2S. The summed E-state index contributed by atoms with van der Waals surface area (Å²) in [6.45, 7) is 4.76. The van der Waals surface area contributed by atoms with Gasteiger partial charge in [-0.15, -0.1) is 0 Å². The van der Waals surface area contributed by atoms with E-state index in [1.54, 1.807) is 0 Å². The summed E-state index contributed by atoms with van der Waals surface area (Å²) in [6.07, 6.45) is 3.31. The second-order valence-electron chi connectivity index (χ2n) is 5.66. The molecule has 0 aromatic heterocycles. The van der Waals surface area contributed by atoms with Crippen LogP contribution in [0.3, 0.4) is 0 Å². The number of rotatable bonds is 3. The number of hydrogen-bond donors (Lipinski definition) is 2. The smallest absolute Gasteiger partial charge is 0.214 e. The number of nitrogens with one attached hydrogen (secondary N) is 2. The molecule has 6 heteroatoms. The number of likely N-dealkylation sites (tertiary alicyclic amines) is 1. The van der Waals surface area contributed by atoms with Crippen molar-refractivity contribution in [2.24, 2.45) is 0 Å². The molecule has 2 rings (SSSR count). The third kappa shape index (κ3) is 3.44. The summed E-state index contributed by atoms with van der Waals surface area (Å²) in [5.74, 6) is 0. The van der Waals surface area contributed by atoms with Gasteiger partial charge in [-0.25, -0.2) is 13.1 Å². The first kappa shape index (κ1) is 14.2. The molecule has 0 saturated carbocycles. The van der Waals surface area contributed by atoms with Crippen LogP contribution in [-0.2, 0) is 10.0 Å². The minimum absolute atomic E-state index is 0.121. The molecule has 0 aromatic rings. The van der Waals surface area contributed by atoms with Crippen LogP contribution in [0.25, 0.3) is 0 Å². The van der Waals surface area contributed by atoms with Crippen molar-refractivity contribution in [2.45, 2.75) is 49.9 Å². The molecule has 18 heavy (non-hydrogen) atoms. The quantitative estimate of drug-likeness (QED) is 0.769. The maximum absolute atomic E-state index is 12.3. The van der Waals surface area contributed by atoms with E-state index in [0.717, 1.165) is 45.3 Å². The lowest BCUT2D eigenvalue weighted by molar-refractivity contribution is 0.178. The first-order chi connectivity index (χ1) is 8.49. The predicted octanol–water partition coefficient (Wildman–Crippen LogP) is 0.141. The molecule has 2 heterocycles. The molecule has 2 N–H and O–H groups in total. The van der Waals surface area contributed by atoms with Gasteiger partial charge in [0.25, 0.3) is 0 Å². The van der Waals surface area contributed by atoms with Crippen molar-refractivity contribution >= 4 is 10.0 Å². The minimum atomic E-state index is -3.13. The monoisotopic (exact) mass is 275 g/mol. The molecule has 0 bridgehead atoms. The molecule has 2 aliphatic heterocycles. The summed E-state index contributed by atoms with van der Waals surface area (Å²) in [5, 5.41) is 3.00. The van der Waals surface area contributed by atoms with Crippen LogP contribution in [0.1, 0.15) is 32.6 Å². The van der Waals surface area contributed by atoms with E-state index >= 15 is 0 Å². The van der Waals surface area contributed by atoms with Crippen LogP contribution in [0, 0.1) is 0 Å². The summed E-state index contributed by atoms with van der Waals surface area (Å²) < 4.78 is 27.5. The van der Waals surface area contributed by atoms with Crippen LogP contribution in [0.2, 0.25) is 0 Å². The number of nitrogens with zero attached hydrogens (tertiary/aromatic N) is 1. The van der Waals surface area contributed by atoms with Gasteiger partial charge in [-0.3, -0.25) is 0 Å². The van der Waals surface area contributed by atoms with Gasteiger partial charge in [0.15, 0.2) is 0 Å². The summed E-state index contributed by atoms with van der Waals surface area (Å²) in [7, 11) is -1.03. The molecule has 5 nitrogen and oxygen atoms in total. The van der Waals surface area contributed by atoms with E-state index in [9.17, 15) is 8.42 Å². The molecule has 2 fully saturated rings. The molecule has 0 spiro atoms. The Morgan fingerprint density at radius 1 is 1.22 bits per heavy atom. The highest BCUT2D eigenvalue weighted by Gasteiger charge is 2.31. The lowest BCUT2D eigenvalue weighted by Crippen LogP contribution is -2.50. The largest absolute Gasteiger partial charge is 0.317 e. The van der Waals surface area contributed by atoms with Crippen molar-refractivity contribution in [1.29, 1.82) is 0 Å². The molecule has 0 aromatic carbocycles. The molecule has 0 aliphatic carbocycles. The molecule has 0 amide bonds. The fraction of sp³-hybridized carbons (Fsp3) is 1.00. The normalized spacial score (nSPS) is 32.6. The minimum Gasteiger partial charge on any atom is -0.317 e. The van der Waals surface area contributed by atoms with E-state index in [1.165, 1.54) is 0 Å². The Kier molecular flexibility index (Phi) is 4.64. The third-order valence-corrected chi connectivity index (χ3v) is 6.28. The van der Waals surface area contributed by atoms with Crippen LogP contribution in [0.4, 0.5) is 0 Å². The Morgan fingerprint density at radius 3 is 2.50 bits per heavy atom. The van der Waals surface area contributed by atoms with Crippen molar-refractivity contribution in [1.82, 2.24) is 14.9 Å².